The highest BCUT2D eigenvalue weighted by Gasteiger charge is 2.17. The van der Waals surface area contributed by atoms with Crippen LogP contribution in [0.1, 0.15) is 69.1 Å². The van der Waals surface area contributed by atoms with Crippen LogP contribution >= 0.6 is 0 Å². The fourth-order valence-electron chi connectivity index (χ4n) is 2.19. The van der Waals surface area contributed by atoms with Crippen LogP contribution in [0.2, 0.25) is 0 Å². The first-order valence-electron chi connectivity index (χ1n) is 6.89. The van der Waals surface area contributed by atoms with Gasteiger partial charge in [0.05, 0.1) is 6.61 Å². The lowest BCUT2D eigenvalue weighted by atomic mass is 9.88. The van der Waals surface area contributed by atoms with E-state index in [0.717, 1.165) is 29.5 Å². The second kappa shape index (κ2) is 6.79. The van der Waals surface area contributed by atoms with Gasteiger partial charge in [0.2, 0.25) is 0 Å². The summed E-state index contributed by atoms with van der Waals surface area (Å²) in [5.41, 5.74) is 3.27. The Kier molecular flexibility index (Phi) is 5.67. The molecular weight excluding hydrogens is 224 g/mol. The van der Waals surface area contributed by atoms with Gasteiger partial charge in [-0.1, -0.05) is 27.7 Å². The van der Waals surface area contributed by atoms with Gasteiger partial charge in [0.15, 0.2) is 0 Å². The van der Waals surface area contributed by atoms with Crippen LogP contribution in [-0.4, -0.2) is 12.2 Å². The molecule has 0 spiro atoms. The molecule has 18 heavy (non-hydrogen) atoms. The lowest BCUT2D eigenvalue weighted by Gasteiger charge is -2.19. The van der Waals surface area contributed by atoms with Gasteiger partial charge in [-0.05, 0) is 53.5 Å². The van der Waals surface area contributed by atoms with Crippen LogP contribution in [0.4, 0.5) is 0 Å². The first-order chi connectivity index (χ1) is 8.54. The van der Waals surface area contributed by atoms with E-state index in [1.807, 2.05) is 0 Å². The molecule has 0 aliphatic heterocycles. The highest BCUT2D eigenvalue weighted by Crippen LogP contribution is 2.37. The van der Waals surface area contributed by atoms with Crippen LogP contribution in [0, 0.1) is 0 Å². The molecule has 0 bridgehead atoms. The summed E-state index contributed by atoms with van der Waals surface area (Å²) < 4.78 is 5.22. The number of aromatic hydroxyl groups is 1. The molecule has 0 radical (unpaired) electrons. The van der Waals surface area contributed by atoms with Crippen LogP contribution in [0.25, 0.3) is 0 Å². The first kappa shape index (κ1) is 15.0. The van der Waals surface area contributed by atoms with Crippen molar-refractivity contribution >= 4 is 0 Å². The van der Waals surface area contributed by atoms with Gasteiger partial charge >= 0.3 is 0 Å². The number of hydrogen-bond donors (Lipinski definition) is 1. The number of methoxy groups -OCH3 is 1. The predicted octanol–water partition coefficient (Wildman–Crippen LogP) is 4.57. The fraction of sp³-hybridized carbons (Fsp3) is 0.625. The Morgan fingerprint density at radius 1 is 1.06 bits per heavy atom. The molecule has 0 fully saturated rings. The molecule has 0 aromatic heterocycles. The third-order valence-electron chi connectivity index (χ3n) is 3.83. The first-order valence-corrected chi connectivity index (χ1v) is 6.89. The Bertz CT molecular complexity index is 354. The summed E-state index contributed by atoms with van der Waals surface area (Å²) >= 11 is 0. The van der Waals surface area contributed by atoms with Gasteiger partial charge in [-0.3, -0.25) is 0 Å². The van der Waals surface area contributed by atoms with Crippen molar-refractivity contribution in [2.45, 2.75) is 59.0 Å². The van der Waals surface area contributed by atoms with Gasteiger partial charge in [-0.15, -0.1) is 0 Å². The molecular formula is C16H26O2. The van der Waals surface area contributed by atoms with E-state index in [2.05, 4.69) is 39.8 Å². The maximum atomic E-state index is 10.4. The van der Waals surface area contributed by atoms with Crippen LogP contribution in [-0.2, 0) is 11.3 Å². The molecule has 0 aliphatic carbocycles. The van der Waals surface area contributed by atoms with E-state index in [-0.39, 0.29) is 0 Å². The number of phenolic OH excluding ortho intramolecular Hbond substituents is 1. The molecule has 1 rings (SSSR count). The SMILES string of the molecule is CCC(C)c1cc(COC)cc(C(C)CC)c1O. The maximum absolute atomic E-state index is 10.4. The molecule has 0 aliphatic rings. The fourth-order valence-corrected chi connectivity index (χ4v) is 2.19. The zero-order valence-electron chi connectivity index (χ0n) is 12.3. The summed E-state index contributed by atoms with van der Waals surface area (Å²) in [5, 5.41) is 10.4. The van der Waals surface area contributed by atoms with Gasteiger partial charge in [0.25, 0.3) is 0 Å². The van der Waals surface area contributed by atoms with E-state index in [1.165, 1.54) is 0 Å². The number of benzene rings is 1. The molecule has 2 heteroatoms. The van der Waals surface area contributed by atoms with E-state index in [0.29, 0.717) is 24.2 Å². The van der Waals surface area contributed by atoms with Crippen molar-refractivity contribution in [2.24, 2.45) is 0 Å². The zero-order valence-corrected chi connectivity index (χ0v) is 12.3. The highest BCUT2D eigenvalue weighted by atomic mass is 16.5. The van der Waals surface area contributed by atoms with Crippen molar-refractivity contribution in [1.29, 1.82) is 0 Å². The average Bonchev–Trinajstić information content (AvgIpc) is 2.39. The van der Waals surface area contributed by atoms with E-state index in [4.69, 9.17) is 4.74 Å². The van der Waals surface area contributed by atoms with Gasteiger partial charge in [-0.2, -0.15) is 0 Å². The molecule has 2 nitrogen and oxygen atoms in total. The van der Waals surface area contributed by atoms with Crippen LogP contribution < -0.4 is 0 Å². The van der Waals surface area contributed by atoms with E-state index in [1.54, 1.807) is 7.11 Å². The smallest absolute Gasteiger partial charge is 0.122 e. The largest absolute Gasteiger partial charge is 0.507 e. The Morgan fingerprint density at radius 2 is 1.50 bits per heavy atom. The number of hydrogen-bond acceptors (Lipinski definition) is 2. The summed E-state index contributed by atoms with van der Waals surface area (Å²) in [5.74, 6) is 1.24. The van der Waals surface area contributed by atoms with Crippen molar-refractivity contribution in [3.63, 3.8) is 0 Å². The third kappa shape index (κ3) is 3.26. The molecule has 2 unspecified atom stereocenters. The third-order valence-corrected chi connectivity index (χ3v) is 3.83. The number of rotatable bonds is 6. The van der Waals surface area contributed by atoms with Crippen molar-refractivity contribution in [2.75, 3.05) is 7.11 Å². The van der Waals surface area contributed by atoms with Gasteiger partial charge in [-0.25, -0.2) is 0 Å². The van der Waals surface area contributed by atoms with Gasteiger partial charge in [0, 0.05) is 7.11 Å². The van der Waals surface area contributed by atoms with Crippen LogP contribution in [0.5, 0.6) is 5.75 Å². The summed E-state index contributed by atoms with van der Waals surface area (Å²) in [6.45, 7) is 9.22. The van der Waals surface area contributed by atoms with Crippen molar-refractivity contribution in [3.05, 3.63) is 28.8 Å². The molecule has 0 saturated carbocycles. The Hall–Kier alpha value is -1.02. The quantitative estimate of drug-likeness (QED) is 0.801. The standard InChI is InChI=1S/C16H26O2/c1-6-11(3)14-8-13(10-18-5)9-15(16(14)17)12(4)7-2/h8-9,11-12,17H,6-7,10H2,1-5H3. The second-order valence-corrected chi connectivity index (χ2v) is 5.17. The Labute approximate surface area is 111 Å². The molecule has 102 valence electrons. The molecule has 1 N–H and O–H groups in total. The van der Waals surface area contributed by atoms with Gasteiger partial charge < -0.3 is 9.84 Å². The van der Waals surface area contributed by atoms with Crippen LogP contribution in [0.15, 0.2) is 12.1 Å². The summed E-state index contributed by atoms with van der Waals surface area (Å²) in [7, 11) is 1.71. The minimum atomic E-state index is 0.379. The second-order valence-electron chi connectivity index (χ2n) is 5.17. The molecule has 0 amide bonds. The van der Waals surface area contributed by atoms with Crippen molar-refractivity contribution < 1.29 is 9.84 Å². The topological polar surface area (TPSA) is 29.5 Å². The van der Waals surface area contributed by atoms with E-state index >= 15 is 0 Å². The number of ether oxygens (including phenoxy) is 1. The summed E-state index contributed by atoms with van der Waals surface area (Å²) in [6.07, 6.45) is 2.06. The normalized spacial score (nSPS) is 14.5. The lowest BCUT2D eigenvalue weighted by Crippen LogP contribution is -2.02. The Balaban J connectivity index is 3.28. The summed E-state index contributed by atoms with van der Waals surface area (Å²) in [6, 6.07) is 4.16. The highest BCUT2D eigenvalue weighted by molar-refractivity contribution is 5.47. The van der Waals surface area contributed by atoms with Crippen molar-refractivity contribution in [1.82, 2.24) is 0 Å². The number of phenols is 1. The minimum Gasteiger partial charge on any atom is -0.507 e. The Morgan fingerprint density at radius 3 is 1.83 bits per heavy atom. The van der Waals surface area contributed by atoms with Crippen molar-refractivity contribution in [3.8, 4) is 5.75 Å². The lowest BCUT2D eigenvalue weighted by molar-refractivity contribution is 0.184. The van der Waals surface area contributed by atoms with E-state index in [9.17, 15) is 5.11 Å². The monoisotopic (exact) mass is 250 g/mol. The average molecular weight is 250 g/mol. The maximum Gasteiger partial charge on any atom is 0.122 e. The van der Waals surface area contributed by atoms with Gasteiger partial charge in [0.1, 0.15) is 5.75 Å². The molecule has 2 atom stereocenters. The van der Waals surface area contributed by atoms with E-state index < -0.39 is 0 Å². The van der Waals surface area contributed by atoms with Crippen LogP contribution in [0.3, 0.4) is 0 Å². The molecule has 0 saturated heterocycles. The minimum absolute atomic E-state index is 0.379. The molecule has 0 heterocycles. The summed E-state index contributed by atoms with van der Waals surface area (Å²) in [4.78, 5) is 0. The molecule has 1 aromatic carbocycles. The zero-order chi connectivity index (χ0) is 13.7. The molecule has 1 aromatic rings. The predicted molar refractivity (Wildman–Crippen MR) is 76.2 cm³/mol.